The molecule has 0 unspecified atom stereocenters. The van der Waals surface area contributed by atoms with Crippen molar-refractivity contribution in [1.82, 2.24) is 4.90 Å². The van der Waals surface area contributed by atoms with Gasteiger partial charge in [0, 0.05) is 0 Å². The molecule has 0 atom stereocenters. The van der Waals surface area contributed by atoms with Crippen LogP contribution < -0.4 is 4.74 Å². The Hall–Kier alpha value is -2.48. The van der Waals surface area contributed by atoms with Gasteiger partial charge in [-0.2, -0.15) is 0 Å². The number of carboxylic acids is 1. The molecule has 0 aliphatic carbocycles. The lowest BCUT2D eigenvalue weighted by Crippen LogP contribution is -2.38. The molecule has 0 bridgehead atoms. The topological polar surface area (TPSA) is 66.8 Å². The number of carboxylic acid groups (broad SMARTS) is 1. The van der Waals surface area contributed by atoms with Gasteiger partial charge in [0.1, 0.15) is 12.3 Å². The molecule has 0 aliphatic rings. The van der Waals surface area contributed by atoms with Crippen LogP contribution in [0, 0.1) is 12.3 Å². The third-order valence-corrected chi connectivity index (χ3v) is 2.65. The number of nitrogens with zero attached hydrogens (tertiary/aromatic N) is 1. The number of ether oxygens (including phenoxy) is 1. The number of rotatable bonds is 7. The number of hydrogen-bond acceptors (Lipinski definition) is 3. The fraction of sp³-hybridized carbons (Fsp3) is 0.333. The van der Waals surface area contributed by atoms with Crippen molar-refractivity contribution in [3.63, 3.8) is 0 Å². The van der Waals surface area contributed by atoms with Crippen LogP contribution in [-0.4, -0.2) is 41.6 Å². The lowest BCUT2D eigenvalue weighted by Gasteiger charge is -2.18. The van der Waals surface area contributed by atoms with E-state index in [0.717, 1.165) is 11.3 Å². The van der Waals surface area contributed by atoms with E-state index in [-0.39, 0.29) is 13.2 Å². The Bertz CT molecular complexity index is 502. The number of aryl methyl sites for hydroxylation is 1. The van der Waals surface area contributed by atoms with E-state index in [1.165, 1.54) is 5.56 Å². The number of hydrogen-bond donors (Lipinski definition) is 1. The summed E-state index contributed by atoms with van der Waals surface area (Å²) in [5.74, 6) is 1.25. The first-order valence-corrected chi connectivity index (χ1v) is 6.21. The summed E-state index contributed by atoms with van der Waals surface area (Å²) in [6, 6.07) is 7.37. The van der Waals surface area contributed by atoms with E-state index in [9.17, 15) is 9.59 Å². The minimum Gasteiger partial charge on any atom is -0.484 e. The molecule has 0 aliphatic heterocycles. The molecule has 5 heteroatoms. The second-order valence-electron chi connectivity index (χ2n) is 4.13. The lowest BCUT2D eigenvalue weighted by molar-refractivity contribution is -0.144. The highest BCUT2D eigenvalue weighted by molar-refractivity contribution is 5.82. The summed E-state index contributed by atoms with van der Waals surface area (Å²) in [6.45, 7) is 1.33. The highest BCUT2D eigenvalue weighted by Gasteiger charge is 2.16. The van der Waals surface area contributed by atoms with Crippen LogP contribution in [0.1, 0.15) is 12.5 Å². The van der Waals surface area contributed by atoms with E-state index in [4.69, 9.17) is 16.3 Å². The molecular weight excluding hydrogens is 258 g/mol. The highest BCUT2D eigenvalue weighted by atomic mass is 16.5. The molecule has 0 saturated heterocycles. The lowest BCUT2D eigenvalue weighted by atomic mass is 10.2. The van der Waals surface area contributed by atoms with Crippen molar-refractivity contribution in [2.45, 2.75) is 13.3 Å². The molecule has 1 aromatic carbocycles. The molecule has 1 rings (SSSR count). The number of terminal acetylenes is 1. The van der Waals surface area contributed by atoms with Crippen LogP contribution in [0.3, 0.4) is 0 Å². The van der Waals surface area contributed by atoms with Crippen LogP contribution in [0.15, 0.2) is 24.3 Å². The Morgan fingerprint density at radius 2 is 2.00 bits per heavy atom. The second kappa shape index (κ2) is 7.85. The van der Waals surface area contributed by atoms with Gasteiger partial charge in [-0.1, -0.05) is 25.0 Å². The van der Waals surface area contributed by atoms with E-state index in [2.05, 4.69) is 5.92 Å². The van der Waals surface area contributed by atoms with Gasteiger partial charge in [-0.3, -0.25) is 9.59 Å². The van der Waals surface area contributed by atoms with Gasteiger partial charge < -0.3 is 14.7 Å². The van der Waals surface area contributed by atoms with Crippen LogP contribution in [0.5, 0.6) is 5.75 Å². The van der Waals surface area contributed by atoms with Crippen molar-refractivity contribution in [3.05, 3.63) is 29.8 Å². The van der Waals surface area contributed by atoms with Crippen molar-refractivity contribution in [1.29, 1.82) is 0 Å². The largest absolute Gasteiger partial charge is 0.484 e. The number of benzene rings is 1. The molecule has 5 nitrogen and oxygen atoms in total. The van der Waals surface area contributed by atoms with Gasteiger partial charge in [0.15, 0.2) is 6.61 Å². The van der Waals surface area contributed by atoms with E-state index in [0.29, 0.717) is 5.75 Å². The Morgan fingerprint density at radius 1 is 1.35 bits per heavy atom. The van der Waals surface area contributed by atoms with Gasteiger partial charge in [0.25, 0.3) is 5.91 Å². The zero-order chi connectivity index (χ0) is 15.0. The van der Waals surface area contributed by atoms with Crippen LogP contribution >= 0.6 is 0 Å². The summed E-state index contributed by atoms with van der Waals surface area (Å²) in [6.07, 6.45) is 6.03. The molecule has 0 radical (unpaired) electrons. The molecule has 0 heterocycles. The van der Waals surface area contributed by atoms with Crippen LogP contribution in [0.25, 0.3) is 0 Å². The fourth-order valence-electron chi connectivity index (χ4n) is 1.56. The average molecular weight is 275 g/mol. The highest BCUT2D eigenvalue weighted by Crippen LogP contribution is 2.12. The number of carbonyl (C=O) groups is 2. The Balaban J connectivity index is 2.55. The normalized spacial score (nSPS) is 9.60. The predicted molar refractivity (Wildman–Crippen MR) is 74.4 cm³/mol. The standard InChI is InChI=1S/C15H17NO4/c1-3-9-16(10-15(18)19)14(17)11-20-13-7-5-12(4-2)6-8-13/h1,5-8H,4,9-11H2,2H3,(H,18,19). The Labute approximate surface area is 118 Å². The summed E-state index contributed by atoms with van der Waals surface area (Å²) in [5.41, 5.74) is 1.17. The van der Waals surface area contributed by atoms with Crippen LogP contribution in [0.2, 0.25) is 0 Å². The summed E-state index contributed by atoms with van der Waals surface area (Å²) in [7, 11) is 0. The molecule has 106 valence electrons. The monoisotopic (exact) mass is 275 g/mol. The quantitative estimate of drug-likeness (QED) is 0.759. The Kier molecular flexibility index (Phi) is 6.11. The first-order valence-electron chi connectivity index (χ1n) is 6.21. The summed E-state index contributed by atoms with van der Waals surface area (Å²) in [4.78, 5) is 23.5. The number of carbonyl (C=O) groups excluding carboxylic acids is 1. The minimum absolute atomic E-state index is 0.0523. The van der Waals surface area contributed by atoms with E-state index >= 15 is 0 Å². The zero-order valence-electron chi connectivity index (χ0n) is 11.3. The summed E-state index contributed by atoms with van der Waals surface area (Å²) < 4.78 is 5.32. The molecular formula is C15H17NO4. The molecule has 0 spiro atoms. The SMILES string of the molecule is C#CCN(CC(=O)O)C(=O)COc1ccc(CC)cc1. The number of aliphatic carboxylic acids is 1. The second-order valence-corrected chi connectivity index (χ2v) is 4.13. The smallest absolute Gasteiger partial charge is 0.323 e. The summed E-state index contributed by atoms with van der Waals surface area (Å²) >= 11 is 0. The van der Waals surface area contributed by atoms with Crippen molar-refractivity contribution >= 4 is 11.9 Å². The van der Waals surface area contributed by atoms with Gasteiger partial charge >= 0.3 is 5.97 Å². The first kappa shape index (κ1) is 15.6. The van der Waals surface area contributed by atoms with Gasteiger partial charge in [-0.15, -0.1) is 6.42 Å². The van der Waals surface area contributed by atoms with Crippen molar-refractivity contribution in [2.75, 3.05) is 19.7 Å². The third-order valence-electron chi connectivity index (χ3n) is 2.65. The van der Waals surface area contributed by atoms with Crippen molar-refractivity contribution in [2.24, 2.45) is 0 Å². The molecule has 20 heavy (non-hydrogen) atoms. The molecule has 0 aromatic heterocycles. The maximum atomic E-state index is 11.8. The van der Waals surface area contributed by atoms with E-state index in [1.807, 2.05) is 19.1 Å². The molecule has 1 aromatic rings. The fourth-order valence-corrected chi connectivity index (χ4v) is 1.56. The van der Waals surface area contributed by atoms with Crippen molar-refractivity contribution in [3.8, 4) is 18.1 Å². The van der Waals surface area contributed by atoms with Gasteiger partial charge in [0.05, 0.1) is 6.54 Å². The van der Waals surface area contributed by atoms with Crippen molar-refractivity contribution < 1.29 is 19.4 Å². The molecule has 1 amide bonds. The zero-order valence-corrected chi connectivity index (χ0v) is 11.3. The third kappa shape index (κ3) is 5.02. The molecule has 0 fully saturated rings. The van der Waals surface area contributed by atoms with Gasteiger partial charge in [-0.25, -0.2) is 0 Å². The summed E-state index contributed by atoms with van der Waals surface area (Å²) in [5, 5.41) is 8.70. The number of amides is 1. The van der Waals surface area contributed by atoms with Gasteiger partial charge in [-0.05, 0) is 24.1 Å². The maximum Gasteiger partial charge on any atom is 0.323 e. The maximum absolute atomic E-state index is 11.8. The van der Waals surface area contributed by atoms with Gasteiger partial charge in [0.2, 0.25) is 0 Å². The molecule has 0 saturated carbocycles. The minimum atomic E-state index is -1.11. The average Bonchev–Trinajstić information content (AvgIpc) is 2.44. The first-order chi connectivity index (χ1) is 9.56. The van der Waals surface area contributed by atoms with E-state index < -0.39 is 18.4 Å². The molecule has 1 N–H and O–H groups in total. The predicted octanol–water partition coefficient (Wildman–Crippen LogP) is 1.17. The van der Waals surface area contributed by atoms with Crippen LogP contribution in [-0.2, 0) is 16.0 Å². The van der Waals surface area contributed by atoms with E-state index in [1.54, 1.807) is 12.1 Å². The Morgan fingerprint density at radius 3 is 2.50 bits per heavy atom. The van der Waals surface area contributed by atoms with Crippen LogP contribution in [0.4, 0.5) is 0 Å².